The summed E-state index contributed by atoms with van der Waals surface area (Å²) in [6.45, 7) is 2.63. The van der Waals surface area contributed by atoms with Gasteiger partial charge in [-0.25, -0.2) is 20.6 Å². The third kappa shape index (κ3) is 4.83. The van der Waals surface area contributed by atoms with Gasteiger partial charge in [-0.05, 0) is 6.42 Å². The zero-order valence-electron chi connectivity index (χ0n) is 10.3. The monoisotopic (exact) mass is 254 g/mol. The minimum absolute atomic E-state index is 0.174. The Kier molecular flexibility index (Phi) is 5.65. The first-order valence-corrected chi connectivity index (χ1v) is 5.66. The molecule has 0 aliphatic rings. The topological polar surface area (TPSA) is 128 Å². The molecule has 8 nitrogen and oxygen atoms in total. The fourth-order valence-corrected chi connectivity index (χ4v) is 1.33. The number of hydrogen-bond donors (Lipinski definition) is 4. The van der Waals surface area contributed by atoms with E-state index in [-0.39, 0.29) is 6.61 Å². The molecule has 1 rings (SSSR count). The average Bonchev–Trinajstić information content (AvgIpc) is 2.34. The van der Waals surface area contributed by atoms with E-state index in [1.54, 1.807) is 6.07 Å². The SMILES string of the molecule is CCCc1nc(NN)cc(NCCOC(N)=O)n1. The van der Waals surface area contributed by atoms with Gasteiger partial charge in [0.2, 0.25) is 0 Å². The van der Waals surface area contributed by atoms with Gasteiger partial charge in [0.25, 0.3) is 0 Å². The Hall–Kier alpha value is -2.09. The van der Waals surface area contributed by atoms with Gasteiger partial charge in [-0.3, -0.25) is 0 Å². The second-order valence-corrected chi connectivity index (χ2v) is 3.54. The minimum Gasteiger partial charge on any atom is -0.448 e. The lowest BCUT2D eigenvalue weighted by Gasteiger charge is -2.09. The smallest absolute Gasteiger partial charge is 0.404 e. The molecule has 1 aromatic heterocycles. The highest BCUT2D eigenvalue weighted by molar-refractivity contribution is 5.64. The molecule has 0 unspecified atom stereocenters. The van der Waals surface area contributed by atoms with E-state index in [1.165, 1.54) is 0 Å². The standard InChI is InChI=1S/C10H18N6O2/c1-2-3-7-14-8(6-9(15-7)16-12)13-4-5-18-10(11)17/h6H,2-5,12H2,1H3,(H2,11,17)(H2,13,14,15,16). The van der Waals surface area contributed by atoms with Crippen LogP contribution >= 0.6 is 0 Å². The van der Waals surface area contributed by atoms with Gasteiger partial charge in [0.15, 0.2) is 0 Å². The molecule has 0 spiro atoms. The number of primary amides is 1. The summed E-state index contributed by atoms with van der Waals surface area (Å²) in [5, 5.41) is 2.99. The number of aromatic nitrogens is 2. The highest BCUT2D eigenvalue weighted by atomic mass is 16.5. The van der Waals surface area contributed by atoms with Crippen LogP contribution in [0.25, 0.3) is 0 Å². The molecule has 0 saturated heterocycles. The van der Waals surface area contributed by atoms with Crippen LogP contribution in [0.3, 0.4) is 0 Å². The number of ether oxygens (including phenoxy) is 1. The summed E-state index contributed by atoms with van der Waals surface area (Å²) in [7, 11) is 0. The number of aryl methyl sites for hydroxylation is 1. The lowest BCUT2D eigenvalue weighted by atomic mass is 10.3. The van der Waals surface area contributed by atoms with E-state index < -0.39 is 6.09 Å². The van der Waals surface area contributed by atoms with Crippen LogP contribution in [0.15, 0.2) is 6.07 Å². The Balaban J connectivity index is 2.57. The largest absolute Gasteiger partial charge is 0.448 e. The number of hydrazine groups is 1. The number of carbonyl (C=O) groups excluding carboxylic acids is 1. The molecular formula is C10H18N6O2. The highest BCUT2D eigenvalue weighted by Gasteiger charge is 2.03. The molecule has 1 amide bonds. The maximum atomic E-state index is 10.4. The maximum Gasteiger partial charge on any atom is 0.404 e. The van der Waals surface area contributed by atoms with Crippen molar-refractivity contribution in [1.82, 2.24) is 9.97 Å². The molecule has 0 bridgehead atoms. The van der Waals surface area contributed by atoms with Crippen LogP contribution < -0.4 is 22.3 Å². The predicted octanol–water partition coefficient (Wildman–Crippen LogP) is 0.222. The van der Waals surface area contributed by atoms with Gasteiger partial charge < -0.3 is 21.2 Å². The summed E-state index contributed by atoms with van der Waals surface area (Å²) in [6.07, 6.45) is 0.913. The number of anilines is 2. The van der Waals surface area contributed by atoms with Crippen molar-refractivity contribution in [2.75, 3.05) is 23.9 Å². The quantitative estimate of drug-likeness (QED) is 0.311. The Labute approximate surface area is 105 Å². The molecule has 0 aliphatic carbocycles. The van der Waals surface area contributed by atoms with Crippen LogP contribution in [0.5, 0.6) is 0 Å². The van der Waals surface area contributed by atoms with Crippen LogP contribution in [0.2, 0.25) is 0 Å². The van der Waals surface area contributed by atoms with Gasteiger partial charge >= 0.3 is 6.09 Å². The van der Waals surface area contributed by atoms with E-state index >= 15 is 0 Å². The number of nitrogens with zero attached hydrogens (tertiary/aromatic N) is 2. The number of amides is 1. The summed E-state index contributed by atoms with van der Waals surface area (Å²) < 4.78 is 4.59. The van der Waals surface area contributed by atoms with Gasteiger partial charge in [-0.1, -0.05) is 6.92 Å². The van der Waals surface area contributed by atoms with Gasteiger partial charge in [0.1, 0.15) is 24.1 Å². The predicted molar refractivity (Wildman–Crippen MR) is 67.9 cm³/mol. The van der Waals surface area contributed by atoms with Crippen molar-refractivity contribution in [2.45, 2.75) is 19.8 Å². The molecule has 1 aromatic rings. The van der Waals surface area contributed by atoms with Crippen molar-refractivity contribution in [3.63, 3.8) is 0 Å². The normalized spacial score (nSPS) is 9.89. The average molecular weight is 254 g/mol. The maximum absolute atomic E-state index is 10.4. The second kappa shape index (κ2) is 7.28. The number of hydrogen-bond acceptors (Lipinski definition) is 7. The molecule has 0 atom stereocenters. The van der Waals surface area contributed by atoms with Crippen molar-refractivity contribution >= 4 is 17.7 Å². The second-order valence-electron chi connectivity index (χ2n) is 3.54. The Bertz CT molecular complexity index is 398. The highest BCUT2D eigenvalue weighted by Crippen LogP contribution is 2.11. The molecule has 1 heterocycles. The number of nitrogens with one attached hydrogen (secondary N) is 2. The van der Waals surface area contributed by atoms with Crippen LogP contribution in [0.1, 0.15) is 19.2 Å². The number of nitrogens with two attached hydrogens (primary N) is 2. The summed E-state index contributed by atoms with van der Waals surface area (Å²) >= 11 is 0. The van der Waals surface area contributed by atoms with Crippen LogP contribution in [-0.4, -0.2) is 29.2 Å². The molecule has 100 valence electrons. The Morgan fingerprint density at radius 2 is 2.17 bits per heavy atom. The van der Waals surface area contributed by atoms with Crippen LogP contribution in [0.4, 0.5) is 16.4 Å². The van der Waals surface area contributed by atoms with Gasteiger partial charge in [-0.15, -0.1) is 0 Å². The molecule has 0 radical (unpaired) electrons. The fraction of sp³-hybridized carbons (Fsp3) is 0.500. The Morgan fingerprint density at radius 1 is 1.44 bits per heavy atom. The zero-order chi connectivity index (χ0) is 13.4. The first kappa shape index (κ1) is 14.0. The van der Waals surface area contributed by atoms with Gasteiger partial charge in [-0.2, -0.15) is 0 Å². The number of nitrogen functional groups attached to an aromatic ring is 1. The molecule has 0 aliphatic heterocycles. The third-order valence-electron chi connectivity index (χ3n) is 2.05. The summed E-state index contributed by atoms with van der Waals surface area (Å²) in [4.78, 5) is 18.9. The van der Waals surface area contributed by atoms with Crippen LogP contribution in [-0.2, 0) is 11.2 Å². The van der Waals surface area contributed by atoms with Crippen molar-refractivity contribution in [3.05, 3.63) is 11.9 Å². The van der Waals surface area contributed by atoms with E-state index in [1.807, 2.05) is 6.92 Å². The first-order chi connectivity index (χ1) is 8.65. The van der Waals surface area contributed by atoms with E-state index in [4.69, 9.17) is 11.6 Å². The summed E-state index contributed by atoms with van der Waals surface area (Å²) in [6, 6.07) is 1.67. The first-order valence-electron chi connectivity index (χ1n) is 5.66. The van der Waals surface area contributed by atoms with Crippen molar-refractivity contribution in [2.24, 2.45) is 11.6 Å². The van der Waals surface area contributed by atoms with E-state index in [2.05, 4.69) is 25.4 Å². The molecule has 18 heavy (non-hydrogen) atoms. The summed E-state index contributed by atoms with van der Waals surface area (Å²) in [5.41, 5.74) is 7.32. The van der Waals surface area contributed by atoms with E-state index in [0.29, 0.717) is 24.0 Å². The number of rotatable bonds is 7. The molecular weight excluding hydrogens is 236 g/mol. The van der Waals surface area contributed by atoms with Crippen molar-refractivity contribution in [1.29, 1.82) is 0 Å². The fourth-order valence-electron chi connectivity index (χ4n) is 1.33. The molecule has 6 N–H and O–H groups in total. The van der Waals surface area contributed by atoms with E-state index in [9.17, 15) is 4.79 Å². The number of carbonyl (C=O) groups is 1. The Morgan fingerprint density at radius 3 is 2.78 bits per heavy atom. The molecule has 0 aromatic carbocycles. The lowest BCUT2D eigenvalue weighted by molar-refractivity contribution is 0.161. The van der Waals surface area contributed by atoms with Crippen molar-refractivity contribution in [3.8, 4) is 0 Å². The molecule has 0 fully saturated rings. The summed E-state index contributed by atoms with van der Waals surface area (Å²) in [5.74, 6) is 7.18. The molecule has 0 saturated carbocycles. The van der Waals surface area contributed by atoms with Crippen molar-refractivity contribution < 1.29 is 9.53 Å². The third-order valence-corrected chi connectivity index (χ3v) is 2.05. The van der Waals surface area contributed by atoms with Gasteiger partial charge in [0, 0.05) is 12.5 Å². The lowest BCUT2D eigenvalue weighted by Crippen LogP contribution is -2.19. The van der Waals surface area contributed by atoms with Crippen LogP contribution in [0, 0.1) is 0 Å². The minimum atomic E-state index is -0.796. The zero-order valence-corrected chi connectivity index (χ0v) is 10.3. The van der Waals surface area contributed by atoms with Gasteiger partial charge in [0.05, 0.1) is 6.54 Å². The van der Waals surface area contributed by atoms with E-state index in [0.717, 1.165) is 12.8 Å². The molecule has 8 heteroatoms.